The lowest BCUT2D eigenvalue weighted by Gasteiger charge is -2.21. The van der Waals surface area contributed by atoms with Gasteiger partial charge < -0.3 is 31.2 Å². The van der Waals surface area contributed by atoms with E-state index in [9.17, 15) is 19.5 Å². The molecule has 0 heterocycles. The van der Waals surface area contributed by atoms with E-state index in [2.05, 4.69) is 5.32 Å². The van der Waals surface area contributed by atoms with E-state index in [1.54, 1.807) is 0 Å². The number of hydrogen-bond donors (Lipinski definition) is 5. The number of benzene rings is 1. The Morgan fingerprint density at radius 2 is 1.95 bits per heavy atom. The summed E-state index contributed by atoms with van der Waals surface area (Å²) < 4.78 is 0. The number of aromatic hydroxyl groups is 1. The monoisotopic (exact) mass is 318 g/mol. The molecule has 0 saturated heterocycles. The Hall–Kier alpha value is -2.32. The fourth-order valence-corrected chi connectivity index (χ4v) is 1.58. The smallest absolute Gasteiger partial charge is 0.339 e. The molecule has 0 aliphatic carbocycles. The van der Waals surface area contributed by atoms with E-state index in [1.807, 2.05) is 0 Å². The van der Waals surface area contributed by atoms with E-state index in [0.29, 0.717) is 6.29 Å². The Morgan fingerprint density at radius 1 is 1.33 bits per heavy atom. The van der Waals surface area contributed by atoms with Crippen LogP contribution in [0.2, 0.25) is 0 Å². The van der Waals surface area contributed by atoms with Crippen molar-refractivity contribution in [3.63, 3.8) is 0 Å². The average molecular weight is 319 g/mol. The number of halogens is 1. The van der Waals surface area contributed by atoms with E-state index < -0.39 is 36.2 Å². The van der Waals surface area contributed by atoms with Crippen molar-refractivity contribution in [3.05, 3.63) is 23.8 Å². The summed E-state index contributed by atoms with van der Waals surface area (Å²) in [7, 11) is 0. The lowest BCUT2D eigenvalue weighted by atomic mass is 10.1. The standard InChI is InChI=1S/C12H14N2O6.ClH/c13-8(5-15)9(4-11(17)18)14-6-1-2-10(16)7(3-6)12(19)20;/h1-3,5,8-9,14,16H,4,13H2,(H,17,18)(H,19,20);1H/t8-,9?;/m1./s1. The minimum atomic E-state index is -1.33. The molecule has 1 unspecified atom stereocenters. The van der Waals surface area contributed by atoms with Gasteiger partial charge in [0.2, 0.25) is 0 Å². The SMILES string of the molecule is Cl.N[C@H](C=O)C(CC(=O)O)Nc1ccc(O)c(C(=O)O)c1. The summed E-state index contributed by atoms with van der Waals surface area (Å²) in [6.07, 6.45) is -0.0116. The Labute approximate surface area is 126 Å². The van der Waals surface area contributed by atoms with E-state index in [0.717, 1.165) is 12.1 Å². The molecule has 1 aromatic carbocycles. The number of anilines is 1. The number of nitrogens with two attached hydrogens (primary N) is 1. The van der Waals surface area contributed by atoms with E-state index in [-0.39, 0.29) is 23.7 Å². The fraction of sp³-hybridized carbons (Fsp3) is 0.250. The van der Waals surface area contributed by atoms with Gasteiger partial charge in [-0.15, -0.1) is 12.4 Å². The van der Waals surface area contributed by atoms with Crippen LogP contribution in [-0.4, -0.2) is 45.6 Å². The van der Waals surface area contributed by atoms with Crippen molar-refractivity contribution in [2.75, 3.05) is 5.32 Å². The van der Waals surface area contributed by atoms with Crippen LogP contribution in [0, 0.1) is 0 Å². The van der Waals surface area contributed by atoms with Gasteiger partial charge in [-0.25, -0.2) is 4.79 Å². The van der Waals surface area contributed by atoms with Crippen molar-refractivity contribution in [2.24, 2.45) is 5.73 Å². The van der Waals surface area contributed by atoms with Crippen molar-refractivity contribution in [2.45, 2.75) is 18.5 Å². The number of carboxylic acids is 2. The van der Waals surface area contributed by atoms with Crippen molar-refractivity contribution < 1.29 is 29.7 Å². The second kappa shape index (κ2) is 8.08. The maximum absolute atomic E-state index is 10.9. The molecule has 1 rings (SSSR count). The molecular weight excluding hydrogens is 304 g/mol. The minimum Gasteiger partial charge on any atom is -0.507 e. The molecule has 0 aromatic heterocycles. The zero-order chi connectivity index (χ0) is 15.3. The van der Waals surface area contributed by atoms with E-state index in [4.69, 9.17) is 15.9 Å². The highest BCUT2D eigenvalue weighted by atomic mass is 35.5. The van der Waals surface area contributed by atoms with Crippen LogP contribution in [-0.2, 0) is 9.59 Å². The molecule has 0 radical (unpaired) electrons. The second-order valence-corrected chi connectivity index (χ2v) is 4.10. The Bertz CT molecular complexity index is 536. The summed E-state index contributed by atoms with van der Waals surface area (Å²) in [4.78, 5) is 32.2. The number of aliphatic carboxylic acids is 1. The van der Waals surface area contributed by atoms with Crippen molar-refractivity contribution in [3.8, 4) is 5.75 Å². The van der Waals surface area contributed by atoms with Crippen LogP contribution in [0.3, 0.4) is 0 Å². The Kier molecular flexibility index (Phi) is 7.18. The molecule has 0 fully saturated rings. The van der Waals surface area contributed by atoms with Crippen LogP contribution in [0.15, 0.2) is 18.2 Å². The van der Waals surface area contributed by atoms with Crippen LogP contribution in [0.4, 0.5) is 5.69 Å². The molecule has 9 heteroatoms. The first-order chi connectivity index (χ1) is 9.35. The van der Waals surface area contributed by atoms with Crippen molar-refractivity contribution in [1.82, 2.24) is 0 Å². The third-order valence-corrected chi connectivity index (χ3v) is 2.60. The van der Waals surface area contributed by atoms with Crippen molar-refractivity contribution >= 4 is 36.3 Å². The molecule has 0 aliphatic heterocycles. The lowest BCUT2D eigenvalue weighted by molar-refractivity contribution is -0.137. The van der Waals surface area contributed by atoms with Crippen LogP contribution in [0.1, 0.15) is 16.8 Å². The summed E-state index contributed by atoms with van der Waals surface area (Å²) in [5.41, 5.74) is 5.38. The molecule has 8 nitrogen and oxygen atoms in total. The van der Waals surface area contributed by atoms with Gasteiger partial charge in [-0.05, 0) is 18.2 Å². The number of aldehydes is 1. The Morgan fingerprint density at radius 3 is 2.43 bits per heavy atom. The average Bonchev–Trinajstić information content (AvgIpc) is 2.38. The van der Waals surface area contributed by atoms with Crippen LogP contribution >= 0.6 is 12.4 Å². The van der Waals surface area contributed by atoms with Gasteiger partial charge in [0.05, 0.1) is 18.5 Å². The summed E-state index contributed by atoms with van der Waals surface area (Å²) in [6.45, 7) is 0. The molecule has 21 heavy (non-hydrogen) atoms. The topological polar surface area (TPSA) is 150 Å². The summed E-state index contributed by atoms with van der Waals surface area (Å²) in [5, 5.41) is 29.6. The van der Waals surface area contributed by atoms with Crippen LogP contribution in [0.25, 0.3) is 0 Å². The van der Waals surface area contributed by atoms with Crippen LogP contribution < -0.4 is 11.1 Å². The number of hydrogen-bond acceptors (Lipinski definition) is 6. The highest BCUT2D eigenvalue weighted by Gasteiger charge is 2.21. The third kappa shape index (κ3) is 5.28. The molecule has 0 bridgehead atoms. The number of carboxylic acid groups (broad SMARTS) is 2. The number of aromatic carboxylic acids is 1. The fourth-order valence-electron chi connectivity index (χ4n) is 1.58. The number of carbonyl (C=O) groups excluding carboxylic acids is 1. The molecule has 0 aliphatic rings. The lowest BCUT2D eigenvalue weighted by Crippen LogP contribution is -2.42. The number of phenols is 1. The maximum Gasteiger partial charge on any atom is 0.339 e. The highest BCUT2D eigenvalue weighted by Crippen LogP contribution is 2.22. The number of carbonyl (C=O) groups is 3. The maximum atomic E-state index is 10.9. The molecule has 0 spiro atoms. The van der Waals surface area contributed by atoms with E-state index >= 15 is 0 Å². The molecular formula is C12H15ClN2O6. The van der Waals surface area contributed by atoms with Gasteiger partial charge in [0.25, 0.3) is 0 Å². The first-order valence-electron chi connectivity index (χ1n) is 5.60. The molecule has 2 atom stereocenters. The predicted octanol–water partition coefficient (Wildman–Crippen LogP) is 0.294. The van der Waals surface area contributed by atoms with Gasteiger partial charge in [-0.2, -0.15) is 0 Å². The summed E-state index contributed by atoms with van der Waals surface area (Å²) in [5.74, 6) is -2.91. The third-order valence-electron chi connectivity index (χ3n) is 2.60. The van der Waals surface area contributed by atoms with Gasteiger partial charge in [-0.1, -0.05) is 0 Å². The van der Waals surface area contributed by atoms with Gasteiger partial charge in [0.1, 0.15) is 17.6 Å². The largest absolute Gasteiger partial charge is 0.507 e. The van der Waals surface area contributed by atoms with Gasteiger partial charge in [-0.3, -0.25) is 4.79 Å². The first kappa shape index (κ1) is 18.7. The quantitative estimate of drug-likeness (QED) is 0.355. The summed E-state index contributed by atoms with van der Waals surface area (Å²) >= 11 is 0. The zero-order valence-electron chi connectivity index (χ0n) is 10.7. The second-order valence-electron chi connectivity index (χ2n) is 4.10. The highest BCUT2D eigenvalue weighted by molar-refractivity contribution is 5.92. The molecule has 0 amide bonds. The molecule has 0 saturated carbocycles. The minimum absolute atomic E-state index is 0. The summed E-state index contributed by atoms with van der Waals surface area (Å²) in [6, 6.07) is 1.68. The van der Waals surface area contributed by atoms with Gasteiger partial charge >= 0.3 is 11.9 Å². The van der Waals surface area contributed by atoms with Gasteiger partial charge in [0, 0.05) is 5.69 Å². The molecule has 6 N–H and O–H groups in total. The first-order valence-corrected chi connectivity index (χ1v) is 5.60. The molecule has 1 aromatic rings. The normalized spacial score (nSPS) is 12.6. The zero-order valence-corrected chi connectivity index (χ0v) is 11.5. The molecule has 116 valence electrons. The van der Waals surface area contributed by atoms with Crippen LogP contribution in [0.5, 0.6) is 5.75 Å². The van der Waals surface area contributed by atoms with E-state index in [1.165, 1.54) is 6.07 Å². The predicted molar refractivity (Wildman–Crippen MR) is 76.0 cm³/mol. The van der Waals surface area contributed by atoms with Crippen molar-refractivity contribution in [1.29, 1.82) is 0 Å². The number of rotatable bonds is 7. The number of nitrogens with one attached hydrogen (secondary N) is 1. The Balaban J connectivity index is 0.00000400. The van der Waals surface area contributed by atoms with Gasteiger partial charge in [0.15, 0.2) is 0 Å².